The van der Waals surface area contributed by atoms with Gasteiger partial charge in [-0.15, -0.1) is 0 Å². The number of halogens is 2. The molecule has 1 unspecified atom stereocenters. The maximum atomic E-state index is 13.0. The van der Waals surface area contributed by atoms with Gasteiger partial charge >= 0.3 is 0 Å². The van der Waals surface area contributed by atoms with Gasteiger partial charge in [0.2, 0.25) is 0 Å². The van der Waals surface area contributed by atoms with Crippen molar-refractivity contribution in [1.29, 1.82) is 0 Å². The molecule has 1 rings (SSSR count). The summed E-state index contributed by atoms with van der Waals surface area (Å²) < 4.78 is 36.9. The molecule has 0 aromatic heterocycles. The lowest BCUT2D eigenvalue weighted by Crippen LogP contribution is -2.22. The predicted molar refractivity (Wildman–Crippen MR) is 71.2 cm³/mol. The molecular weight excluding hydrogens is 277 g/mol. The van der Waals surface area contributed by atoms with Gasteiger partial charge in [-0.1, -0.05) is 11.6 Å². The lowest BCUT2D eigenvalue weighted by atomic mass is 10.2. The number of hydrogen-bond acceptors (Lipinski definition) is 3. The molecule has 1 aromatic carbocycles. The SMILES string of the molecule is CNC(C)CCCS(=O)(=O)c1ccc(F)c(Cl)c1. The molecular formula is C12H17ClFNO2S. The van der Waals surface area contributed by atoms with Crippen LogP contribution in [0.3, 0.4) is 0 Å². The van der Waals surface area contributed by atoms with Crippen molar-refractivity contribution in [1.82, 2.24) is 5.32 Å². The highest BCUT2D eigenvalue weighted by Gasteiger charge is 2.16. The zero-order valence-corrected chi connectivity index (χ0v) is 12.0. The predicted octanol–water partition coefficient (Wildman–Crippen LogP) is 2.64. The third-order valence-corrected chi connectivity index (χ3v) is 4.88. The summed E-state index contributed by atoms with van der Waals surface area (Å²) in [6.07, 6.45) is 1.32. The molecule has 1 atom stereocenters. The van der Waals surface area contributed by atoms with E-state index >= 15 is 0 Å². The first-order valence-corrected chi connectivity index (χ1v) is 7.75. The van der Waals surface area contributed by atoms with E-state index < -0.39 is 15.7 Å². The second-order valence-corrected chi connectivity index (χ2v) is 6.74. The molecule has 0 saturated carbocycles. The first-order valence-electron chi connectivity index (χ1n) is 5.72. The van der Waals surface area contributed by atoms with Gasteiger partial charge in [-0.25, -0.2) is 12.8 Å². The highest BCUT2D eigenvalue weighted by atomic mass is 35.5. The second-order valence-electron chi connectivity index (χ2n) is 4.23. The third kappa shape index (κ3) is 4.23. The Bertz CT molecular complexity index is 505. The second kappa shape index (κ2) is 6.50. The first kappa shape index (κ1) is 15.4. The van der Waals surface area contributed by atoms with Crippen LogP contribution in [0.15, 0.2) is 23.1 Å². The van der Waals surface area contributed by atoms with E-state index in [0.29, 0.717) is 6.42 Å². The lowest BCUT2D eigenvalue weighted by Gasteiger charge is -2.10. The fourth-order valence-electron chi connectivity index (χ4n) is 1.51. The summed E-state index contributed by atoms with van der Waals surface area (Å²) in [5, 5.41) is 2.88. The summed E-state index contributed by atoms with van der Waals surface area (Å²) in [6, 6.07) is 3.76. The monoisotopic (exact) mass is 293 g/mol. The van der Waals surface area contributed by atoms with Gasteiger partial charge in [0.1, 0.15) is 5.82 Å². The molecule has 0 bridgehead atoms. The van der Waals surface area contributed by atoms with Gasteiger partial charge in [-0.05, 0) is 45.0 Å². The van der Waals surface area contributed by atoms with Crippen LogP contribution >= 0.6 is 11.6 Å². The Hall–Kier alpha value is -0.650. The number of rotatable bonds is 6. The van der Waals surface area contributed by atoms with Gasteiger partial charge in [-0.3, -0.25) is 0 Å². The largest absolute Gasteiger partial charge is 0.317 e. The van der Waals surface area contributed by atoms with Crippen molar-refractivity contribution >= 4 is 21.4 Å². The summed E-state index contributed by atoms with van der Waals surface area (Å²) in [7, 11) is -1.55. The Balaban J connectivity index is 2.71. The minimum absolute atomic E-state index is 0.0426. The van der Waals surface area contributed by atoms with E-state index in [1.165, 1.54) is 6.07 Å². The zero-order valence-electron chi connectivity index (χ0n) is 10.4. The minimum atomic E-state index is -3.38. The van der Waals surface area contributed by atoms with Gasteiger partial charge < -0.3 is 5.32 Å². The minimum Gasteiger partial charge on any atom is -0.317 e. The van der Waals surface area contributed by atoms with Crippen LogP contribution in [-0.4, -0.2) is 27.3 Å². The van der Waals surface area contributed by atoms with Crippen molar-refractivity contribution in [3.05, 3.63) is 29.0 Å². The molecule has 0 aliphatic rings. The average Bonchev–Trinajstić information content (AvgIpc) is 2.32. The van der Waals surface area contributed by atoms with E-state index in [2.05, 4.69) is 5.32 Å². The van der Waals surface area contributed by atoms with Crippen molar-refractivity contribution in [3.8, 4) is 0 Å². The standard InChI is InChI=1S/C12H17ClFNO2S/c1-9(15-2)4-3-7-18(16,17)10-5-6-12(14)11(13)8-10/h5-6,8-9,15H,3-4,7H2,1-2H3. The van der Waals surface area contributed by atoms with Crippen molar-refractivity contribution in [2.45, 2.75) is 30.7 Å². The molecule has 0 radical (unpaired) electrons. The molecule has 0 aliphatic heterocycles. The quantitative estimate of drug-likeness (QED) is 0.820. The van der Waals surface area contributed by atoms with Crippen LogP contribution in [0.2, 0.25) is 5.02 Å². The van der Waals surface area contributed by atoms with E-state index in [-0.39, 0.29) is 21.7 Å². The highest BCUT2D eigenvalue weighted by Crippen LogP contribution is 2.21. The Labute approximate surface area is 112 Å². The molecule has 1 N–H and O–H groups in total. The smallest absolute Gasteiger partial charge is 0.178 e. The molecule has 0 spiro atoms. The summed E-state index contributed by atoms with van der Waals surface area (Å²) >= 11 is 5.58. The van der Waals surface area contributed by atoms with Crippen LogP contribution in [0.4, 0.5) is 4.39 Å². The fourth-order valence-corrected chi connectivity index (χ4v) is 3.11. The zero-order chi connectivity index (χ0) is 13.8. The summed E-state index contributed by atoms with van der Waals surface area (Å²) in [6.45, 7) is 1.99. The number of sulfone groups is 1. The maximum absolute atomic E-state index is 13.0. The first-order chi connectivity index (χ1) is 8.36. The molecule has 6 heteroatoms. The van der Waals surface area contributed by atoms with Crippen LogP contribution in [0, 0.1) is 5.82 Å². The van der Waals surface area contributed by atoms with Crippen LogP contribution in [-0.2, 0) is 9.84 Å². The normalized spacial score (nSPS) is 13.6. The Kier molecular flexibility index (Phi) is 5.56. The maximum Gasteiger partial charge on any atom is 0.178 e. The van der Waals surface area contributed by atoms with Gasteiger partial charge in [0.15, 0.2) is 9.84 Å². The van der Waals surface area contributed by atoms with Crippen molar-refractivity contribution in [3.63, 3.8) is 0 Å². The molecule has 0 heterocycles. The molecule has 18 heavy (non-hydrogen) atoms. The van der Waals surface area contributed by atoms with Crippen LogP contribution in [0.25, 0.3) is 0 Å². The number of benzene rings is 1. The Morgan fingerprint density at radius 1 is 1.44 bits per heavy atom. The molecule has 1 aromatic rings. The average molecular weight is 294 g/mol. The Morgan fingerprint density at radius 2 is 2.11 bits per heavy atom. The van der Waals surface area contributed by atoms with Crippen molar-refractivity contribution in [2.75, 3.05) is 12.8 Å². The Morgan fingerprint density at radius 3 is 2.67 bits per heavy atom. The van der Waals surface area contributed by atoms with Crippen LogP contribution in [0.1, 0.15) is 19.8 Å². The molecule has 0 amide bonds. The molecule has 102 valence electrons. The van der Waals surface area contributed by atoms with Gasteiger partial charge in [-0.2, -0.15) is 0 Å². The van der Waals surface area contributed by atoms with E-state index in [1.807, 2.05) is 14.0 Å². The number of nitrogens with one attached hydrogen (secondary N) is 1. The van der Waals surface area contributed by atoms with E-state index in [0.717, 1.165) is 18.6 Å². The van der Waals surface area contributed by atoms with Crippen LogP contribution < -0.4 is 5.32 Å². The highest BCUT2D eigenvalue weighted by molar-refractivity contribution is 7.91. The molecule has 0 aliphatic carbocycles. The topological polar surface area (TPSA) is 46.2 Å². The fraction of sp³-hybridized carbons (Fsp3) is 0.500. The van der Waals surface area contributed by atoms with Gasteiger partial charge in [0.25, 0.3) is 0 Å². The van der Waals surface area contributed by atoms with Gasteiger partial charge in [0, 0.05) is 6.04 Å². The lowest BCUT2D eigenvalue weighted by molar-refractivity contribution is 0.548. The summed E-state index contributed by atoms with van der Waals surface area (Å²) in [4.78, 5) is 0.0750. The van der Waals surface area contributed by atoms with E-state index in [4.69, 9.17) is 11.6 Å². The third-order valence-electron chi connectivity index (χ3n) is 2.79. The van der Waals surface area contributed by atoms with Crippen molar-refractivity contribution in [2.24, 2.45) is 0 Å². The molecule has 3 nitrogen and oxygen atoms in total. The van der Waals surface area contributed by atoms with Crippen LogP contribution in [0.5, 0.6) is 0 Å². The summed E-state index contributed by atoms with van der Waals surface area (Å²) in [5.74, 6) is -0.569. The number of hydrogen-bond donors (Lipinski definition) is 1. The van der Waals surface area contributed by atoms with E-state index in [9.17, 15) is 12.8 Å². The summed E-state index contributed by atoms with van der Waals surface area (Å²) in [5.41, 5.74) is 0. The van der Waals surface area contributed by atoms with E-state index in [1.54, 1.807) is 0 Å². The molecule has 0 saturated heterocycles. The van der Waals surface area contributed by atoms with Crippen molar-refractivity contribution < 1.29 is 12.8 Å². The van der Waals surface area contributed by atoms with Gasteiger partial charge in [0.05, 0.1) is 15.7 Å². The molecule has 0 fully saturated rings.